The van der Waals surface area contributed by atoms with E-state index in [2.05, 4.69) is 0 Å². The van der Waals surface area contributed by atoms with Crippen LogP contribution in [-0.2, 0) is 27.5 Å². The molecule has 2 heterocycles. The highest BCUT2D eigenvalue weighted by atomic mass is 32.2. The van der Waals surface area contributed by atoms with Gasteiger partial charge in [0.15, 0.2) is 9.84 Å². The predicted octanol–water partition coefficient (Wildman–Crippen LogP) is 1.25. The van der Waals surface area contributed by atoms with E-state index < -0.39 is 9.84 Å². The van der Waals surface area contributed by atoms with Crippen molar-refractivity contribution in [3.8, 4) is 0 Å². The average molecular weight is 322 g/mol. The highest BCUT2D eigenvalue weighted by Crippen LogP contribution is 2.38. The van der Waals surface area contributed by atoms with Crippen LogP contribution in [0.5, 0.6) is 0 Å². The van der Waals surface area contributed by atoms with Crippen molar-refractivity contribution in [1.82, 2.24) is 4.90 Å². The number of benzene rings is 1. The van der Waals surface area contributed by atoms with E-state index in [1.54, 1.807) is 4.90 Å². The minimum absolute atomic E-state index is 0.0741. The number of carbonyl (C=O) groups is 1. The van der Waals surface area contributed by atoms with Crippen LogP contribution in [0.25, 0.3) is 0 Å². The lowest BCUT2D eigenvalue weighted by molar-refractivity contribution is -0.118. The second kappa shape index (κ2) is 5.66. The first-order valence-corrected chi connectivity index (χ1v) is 9.38. The fourth-order valence-corrected chi connectivity index (χ4v) is 5.18. The van der Waals surface area contributed by atoms with Crippen LogP contribution in [0.1, 0.15) is 24.0 Å². The quantitative estimate of drug-likeness (QED) is 0.840. The molecule has 1 aromatic rings. The van der Waals surface area contributed by atoms with Crippen LogP contribution in [0.2, 0.25) is 0 Å². The molecule has 0 aliphatic carbocycles. The lowest BCUT2D eigenvalue weighted by atomic mass is 9.98. The molecule has 2 aliphatic rings. The Kier molecular flexibility index (Phi) is 3.99. The number of amides is 1. The van der Waals surface area contributed by atoms with Gasteiger partial charge in [-0.1, -0.05) is 6.07 Å². The van der Waals surface area contributed by atoms with Gasteiger partial charge in [0, 0.05) is 25.2 Å². The zero-order valence-electron chi connectivity index (χ0n) is 13.1. The highest BCUT2D eigenvalue weighted by molar-refractivity contribution is 7.91. The first-order valence-electron chi connectivity index (χ1n) is 7.73. The predicted molar refractivity (Wildman–Crippen MR) is 86.0 cm³/mol. The molecular weight excluding hydrogens is 300 g/mol. The summed E-state index contributed by atoms with van der Waals surface area (Å²) in [5, 5.41) is 0. The molecule has 0 unspecified atom stereocenters. The van der Waals surface area contributed by atoms with Crippen LogP contribution >= 0.6 is 0 Å². The molecule has 0 N–H and O–H groups in total. The van der Waals surface area contributed by atoms with E-state index >= 15 is 0 Å². The molecule has 22 heavy (non-hydrogen) atoms. The topological polar surface area (TPSA) is 57.7 Å². The van der Waals surface area contributed by atoms with Crippen molar-refractivity contribution in [2.75, 3.05) is 37.8 Å². The van der Waals surface area contributed by atoms with Gasteiger partial charge in [-0.3, -0.25) is 4.79 Å². The summed E-state index contributed by atoms with van der Waals surface area (Å²) >= 11 is 0. The van der Waals surface area contributed by atoms with Crippen LogP contribution in [0.3, 0.4) is 0 Å². The van der Waals surface area contributed by atoms with Gasteiger partial charge in [-0.25, -0.2) is 8.42 Å². The number of carbonyl (C=O) groups excluding carboxylic acids is 1. The van der Waals surface area contributed by atoms with E-state index in [1.807, 2.05) is 31.1 Å². The van der Waals surface area contributed by atoms with E-state index in [9.17, 15) is 13.2 Å². The molecule has 2 aliphatic heterocycles. The molecule has 1 amide bonds. The van der Waals surface area contributed by atoms with Crippen LogP contribution in [0.4, 0.5) is 5.69 Å². The molecular formula is C16H22N2O3S. The van der Waals surface area contributed by atoms with Crippen molar-refractivity contribution in [2.24, 2.45) is 0 Å². The molecule has 120 valence electrons. The van der Waals surface area contributed by atoms with Crippen molar-refractivity contribution in [1.29, 1.82) is 0 Å². The summed E-state index contributed by atoms with van der Waals surface area (Å²) < 4.78 is 24.6. The van der Waals surface area contributed by atoms with E-state index in [0.29, 0.717) is 30.8 Å². The minimum Gasteiger partial charge on any atom is -0.312 e. The summed E-state index contributed by atoms with van der Waals surface area (Å²) in [6.07, 6.45) is 2.62. The zero-order chi connectivity index (χ0) is 15.9. The Morgan fingerprint density at radius 3 is 2.77 bits per heavy atom. The normalized spacial score (nSPS) is 19.1. The molecule has 0 bridgehead atoms. The van der Waals surface area contributed by atoms with Crippen molar-refractivity contribution < 1.29 is 13.2 Å². The number of hydrogen-bond acceptors (Lipinski definition) is 4. The van der Waals surface area contributed by atoms with E-state index in [1.165, 1.54) is 0 Å². The smallest absolute Gasteiger partial charge is 0.228 e. The Morgan fingerprint density at radius 2 is 2.05 bits per heavy atom. The second-order valence-electron chi connectivity index (χ2n) is 6.32. The summed E-state index contributed by atoms with van der Waals surface area (Å²) in [4.78, 5) is 16.7. The number of aryl methyl sites for hydroxylation is 1. The molecule has 0 aromatic heterocycles. The van der Waals surface area contributed by atoms with E-state index in [0.717, 1.165) is 29.7 Å². The first kappa shape index (κ1) is 15.5. The minimum atomic E-state index is -3.17. The Hall–Kier alpha value is -1.40. The largest absolute Gasteiger partial charge is 0.312 e. The summed E-state index contributed by atoms with van der Waals surface area (Å²) in [5.74, 6) is 0.276. The molecule has 1 aromatic carbocycles. The van der Waals surface area contributed by atoms with Crippen LogP contribution in [-0.4, -0.2) is 52.2 Å². The molecule has 6 heteroatoms. The third-order valence-electron chi connectivity index (χ3n) is 4.44. The SMILES string of the molecule is CN(C)CCC(=O)N1CCCc2c1ccc1c2S(=O)(=O)CC1. The van der Waals surface area contributed by atoms with Crippen molar-refractivity contribution in [3.63, 3.8) is 0 Å². The Bertz CT molecular complexity index is 710. The Balaban J connectivity index is 1.97. The molecule has 0 saturated heterocycles. The van der Waals surface area contributed by atoms with Gasteiger partial charge in [-0.05, 0) is 50.6 Å². The molecule has 0 saturated carbocycles. The maximum absolute atomic E-state index is 12.5. The number of sulfone groups is 1. The van der Waals surface area contributed by atoms with E-state index in [4.69, 9.17) is 0 Å². The number of rotatable bonds is 3. The van der Waals surface area contributed by atoms with Gasteiger partial charge in [-0.2, -0.15) is 0 Å². The van der Waals surface area contributed by atoms with Crippen LogP contribution in [0, 0.1) is 0 Å². The van der Waals surface area contributed by atoms with Crippen LogP contribution in [0.15, 0.2) is 17.0 Å². The lowest BCUT2D eigenvalue weighted by Gasteiger charge is -2.31. The fourth-order valence-electron chi connectivity index (χ4n) is 3.34. The third kappa shape index (κ3) is 2.65. The molecule has 0 radical (unpaired) electrons. The second-order valence-corrected chi connectivity index (χ2v) is 8.37. The van der Waals surface area contributed by atoms with Gasteiger partial charge in [0.05, 0.1) is 10.6 Å². The standard InChI is InChI=1S/C16H22N2O3S/c1-17(2)10-7-15(19)18-9-3-4-13-14(18)6-5-12-8-11-22(20,21)16(12)13/h5-6H,3-4,7-11H2,1-2H3. The molecule has 0 spiro atoms. The number of anilines is 1. The monoisotopic (exact) mass is 322 g/mol. The maximum Gasteiger partial charge on any atom is 0.228 e. The van der Waals surface area contributed by atoms with Gasteiger partial charge in [0.25, 0.3) is 0 Å². The Morgan fingerprint density at radius 1 is 1.27 bits per heavy atom. The highest BCUT2D eigenvalue weighted by Gasteiger charge is 2.34. The van der Waals surface area contributed by atoms with Gasteiger partial charge in [-0.15, -0.1) is 0 Å². The van der Waals surface area contributed by atoms with Crippen LogP contribution < -0.4 is 4.90 Å². The molecule has 0 atom stereocenters. The van der Waals surface area contributed by atoms with Gasteiger partial charge < -0.3 is 9.80 Å². The van der Waals surface area contributed by atoms with Crippen molar-refractivity contribution >= 4 is 21.4 Å². The first-order chi connectivity index (χ1) is 10.4. The summed E-state index contributed by atoms with van der Waals surface area (Å²) in [6, 6.07) is 3.82. The average Bonchev–Trinajstić information content (AvgIpc) is 2.80. The summed E-state index contributed by atoms with van der Waals surface area (Å²) in [6.45, 7) is 1.38. The number of nitrogens with zero attached hydrogens (tertiary/aromatic N) is 2. The van der Waals surface area contributed by atoms with Crippen molar-refractivity contribution in [2.45, 2.75) is 30.6 Å². The number of hydrogen-bond donors (Lipinski definition) is 0. The third-order valence-corrected chi connectivity index (χ3v) is 6.31. The number of fused-ring (bicyclic) bond motifs is 3. The summed E-state index contributed by atoms with van der Waals surface area (Å²) in [7, 11) is 0.715. The zero-order valence-corrected chi connectivity index (χ0v) is 13.9. The molecule has 5 nitrogen and oxygen atoms in total. The van der Waals surface area contributed by atoms with Gasteiger partial charge >= 0.3 is 0 Å². The lowest BCUT2D eigenvalue weighted by Crippen LogP contribution is -2.37. The Labute approximate surface area is 131 Å². The summed E-state index contributed by atoms with van der Waals surface area (Å²) in [5.41, 5.74) is 2.58. The fraction of sp³-hybridized carbons (Fsp3) is 0.562. The van der Waals surface area contributed by atoms with E-state index in [-0.39, 0.29) is 11.7 Å². The molecule has 0 fully saturated rings. The molecule has 3 rings (SSSR count). The maximum atomic E-state index is 12.5. The van der Waals surface area contributed by atoms with Gasteiger partial charge in [0.1, 0.15) is 0 Å². The van der Waals surface area contributed by atoms with Crippen molar-refractivity contribution in [3.05, 3.63) is 23.3 Å². The van der Waals surface area contributed by atoms with Gasteiger partial charge in [0.2, 0.25) is 5.91 Å².